The number of aryl methyl sites for hydroxylation is 1. The number of pyridine rings is 1. The number of hydrogen-bond donors (Lipinski definition) is 0. The molecule has 0 aliphatic heterocycles. The highest BCUT2D eigenvalue weighted by molar-refractivity contribution is 6.13. The van der Waals surface area contributed by atoms with Gasteiger partial charge in [0.15, 0.2) is 0 Å². The van der Waals surface area contributed by atoms with Gasteiger partial charge in [-0.05, 0) is 24.6 Å². The average molecular weight is 282 g/mol. The molecule has 2 nitrogen and oxygen atoms in total. The molecular weight excluding hydrogens is 268 g/mol. The molecule has 5 rings (SSSR count). The monoisotopic (exact) mass is 282 g/mol. The first-order valence-electron chi connectivity index (χ1n) is 7.52. The average Bonchev–Trinajstić information content (AvgIpc) is 3.10. The van der Waals surface area contributed by atoms with Gasteiger partial charge in [-0.25, -0.2) is 4.98 Å². The second-order valence-electron chi connectivity index (χ2n) is 5.77. The predicted octanol–water partition coefficient (Wildman–Crippen LogP) is 5.05. The molecule has 3 heterocycles. The van der Waals surface area contributed by atoms with Gasteiger partial charge in [0.2, 0.25) is 0 Å². The van der Waals surface area contributed by atoms with E-state index in [1.807, 2.05) is 0 Å². The van der Waals surface area contributed by atoms with Crippen molar-refractivity contribution in [3.05, 3.63) is 72.3 Å². The molecule has 2 heteroatoms. The van der Waals surface area contributed by atoms with Gasteiger partial charge in [-0.15, -0.1) is 0 Å². The minimum Gasteiger partial charge on any atom is -0.292 e. The van der Waals surface area contributed by atoms with Crippen LogP contribution in [0.15, 0.2) is 66.7 Å². The van der Waals surface area contributed by atoms with Crippen molar-refractivity contribution in [2.45, 2.75) is 6.92 Å². The summed E-state index contributed by atoms with van der Waals surface area (Å²) < 4.78 is 2.28. The van der Waals surface area contributed by atoms with E-state index in [1.165, 1.54) is 32.9 Å². The third kappa shape index (κ3) is 1.37. The van der Waals surface area contributed by atoms with Crippen molar-refractivity contribution in [1.82, 2.24) is 9.38 Å². The van der Waals surface area contributed by atoms with Crippen molar-refractivity contribution >= 4 is 27.5 Å². The molecule has 5 aromatic rings. The predicted molar refractivity (Wildman–Crippen MR) is 91.6 cm³/mol. The molecule has 0 radical (unpaired) electrons. The van der Waals surface area contributed by atoms with Crippen LogP contribution in [0.1, 0.15) is 5.56 Å². The first-order chi connectivity index (χ1) is 10.8. The van der Waals surface area contributed by atoms with Crippen LogP contribution in [0, 0.1) is 6.92 Å². The lowest BCUT2D eigenvalue weighted by Crippen LogP contribution is -1.83. The minimum atomic E-state index is 1.02. The lowest BCUT2D eigenvalue weighted by atomic mass is 10.0. The molecule has 0 bridgehead atoms. The van der Waals surface area contributed by atoms with Gasteiger partial charge in [-0.3, -0.25) is 4.40 Å². The third-order valence-electron chi connectivity index (χ3n) is 4.50. The Morgan fingerprint density at radius 2 is 1.55 bits per heavy atom. The molecule has 0 fully saturated rings. The van der Waals surface area contributed by atoms with E-state index in [0.29, 0.717) is 0 Å². The summed E-state index contributed by atoms with van der Waals surface area (Å²) in [7, 11) is 0. The number of hydrogen-bond acceptors (Lipinski definition) is 1. The summed E-state index contributed by atoms with van der Waals surface area (Å²) in [6.07, 6.45) is 0. The fourth-order valence-electron chi connectivity index (χ4n) is 3.49. The summed E-state index contributed by atoms with van der Waals surface area (Å²) in [6.45, 7) is 2.15. The van der Waals surface area contributed by atoms with Gasteiger partial charge < -0.3 is 0 Å². The molecule has 0 aliphatic carbocycles. The SMILES string of the molecule is Cc1ccccc1-c1nc2cccc3c4ccccc4c1n23. The van der Waals surface area contributed by atoms with Crippen LogP contribution in [-0.2, 0) is 0 Å². The van der Waals surface area contributed by atoms with Crippen molar-refractivity contribution in [3.63, 3.8) is 0 Å². The van der Waals surface area contributed by atoms with E-state index >= 15 is 0 Å². The molecule has 0 N–H and O–H groups in total. The van der Waals surface area contributed by atoms with Crippen molar-refractivity contribution in [2.24, 2.45) is 0 Å². The van der Waals surface area contributed by atoms with Crippen LogP contribution in [-0.4, -0.2) is 9.38 Å². The molecule has 0 saturated heterocycles. The number of rotatable bonds is 1. The highest BCUT2D eigenvalue weighted by atomic mass is 15.0. The highest BCUT2D eigenvalue weighted by Gasteiger charge is 2.18. The first-order valence-corrected chi connectivity index (χ1v) is 7.52. The van der Waals surface area contributed by atoms with Gasteiger partial charge in [0.25, 0.3) is 0 Å². The lowest BCUT2D eigenvalue weighted by molar-refractivity contribution is 1.31. The van der Waals surface area contributed by atoms with Crippen molar-refractivity contribution in [3.8, 4) is 11.3 Å². The second-order valence-corrected chi connectivity index (χ2v) is 5.77. The van der Waals surface area contributed by atoms with Crippen LogP contribution in [0.5, 0.6) is 0 Å². The summed E-state index contributed by atoms with van der Waals surface area (Å²) >= 11 is 0. The van der Waals surface area contributed by atoms with Crippen LogP contribution >= 0.6 is 0 Å². The zero-order valence-electron chi connectivity index (χ0n) is 12.2. The minimum absolute atomic E-state index is 1.02. The van der Waals surface area contributed by atoms with E-state index in [-0.39, 0.29) is 0 Å². The maximum Gasteiger partial charge on any atom is 0.138 e. The molecule has 0 atom stereocenters. The van der Waals surface area contributed by atoms with Gasteiger partial charge in [-0.1, -0.05) is 54.6 Å². The topological polar surface area (TPSA) is 17.3 Å². The van der Waals surface area contributed by atoms with E-state index in [0.717, 1.165) is 11.3 Å². The van der Waals surface area contributed by atoms with E-state index < -0.39 is 0 Å². The fourth-order valence-corrected chi connectivity index (χ4v) is 3.49. The number of nitrogens with zero attached hydrogens (tertiary/aromatic N) is 2. The van der Waals surface area contributed by atoms with Gasteiger partial charge in [0.1, 0.15) is 5.65 Å². The lowest BCUT2D eigenvalue weighted by Gasteiger charge is -2.02. The highest BCUT2D eigenvalue weighted by Crippen LogP contribution is 2.37. The maximum absolute atomic E-state index is 4.92. The molecule has 0 unspecified atom stereocenters. The maximum atomic E-state index is 4.92. The first kappa shape index (κ1) is 11.8. The number of benzene rings is 2. The second kappa shape index (κ2) is 4.08. The molecular formula is C20H14N2. The number of aromatic nitrogens is 2. The Hall–Kier alpha value is -2.87. The zero-order chi connectivity index (χ0) is 14.7. The summed E-state index contributed by atoms with van der Waals surface area (Å²) in [5, 5.41) is 2.56. The van der Waals surface area contributed by atoms with Crippen LogP contribution in [0.3, 0.4) is 0 Å². The zero-order valence-corrected chi connectivity index (χ0v) is 12.2. The summed E-state index contributed by atoms with van der Waals surface area (Å²) in [5.74, 6) is 0. The van der Waals surface area contributed by atoms with Crippen LogP contribution in [0.25, 0.3) is 38.7 Å². The third-order valence-corrected chi connectivity index (χ3v) is 4.50. The Morgan fingerprint density at radius 1 is 0.773 bits per heavy atom. The molecule has 0 aliphatic rings. The molecule has 0 amide bonds. The Balaban J connectivity index is 2.07. The fraction of sp³-hybridized carbons (Fsp3) is 0.0500. The van der Waals surface area contributed by atoms with Gasteiger partial charge in [0, 0.05) is 16.3 Å². The molecule has 104 valence electrons. The Bertz CT molecular complexity index is 1130. The van der Waals surface area contributed by atoms with E-state index in [4.69, 9.17) is 4.98 Å². The summed E-state index contributed by atoms with van der Waals surface area (Å²) in [4.78, 5) is 4.92. The molecule has 0 spiro atoms. The van der Waals surface area contributed by atoms with Gasteiger partial charge >= 0.3 is 0 Å². The van der Waals surface area contributed by atoms with Crippen molar-refractivity contribution in [1.29, 1.82) is 0 Å². The van der Waals surface area contributed by atoms with E-state index in [2.05, 4.69) is 78.1 Å². The Kier molecular flexibility index (Phi) is 2.18. The van der Waals surface area contributed by atoms with Crippen molar-refractivity contribution in [2.75, 3.05) is 0 Å². The molecule has 0 saturated carbocycles. The van der Waals surface area contributed by atoms with Gasteiger partial charge in [0.05, 0.1) is 16.7 Å². The standard InChI is InChI=1S/C20H14N2/c1-13-7-2-3-8-14(13)19-20-16-10-5-4-9-15(16)17-11-6-12-18(21-19)22(17)20/h2-12H,1H3. The van der Waals surface area contributed by atoms with Crippen LogP contribution in [0.2, 0.25) is 0 Å². The van der Waals surface area contributed by atoms with Crippen molar-refractivity contribution < 1.29 is 0 Å². The van der Waals surface area contributed by atoms with Crippen LogP contribution in [0.4, 0.5) is 0 Å². The molecule has 22 heavy (non-hydrogen) atoms. The van der Waals surface area contributed by atoms with Gasteiger partial charge in [-0.2, -0.15) is 0 Å². The van der Waals surface area contributed by atoms with Crippen LogP contribution < -0.4 is 0 Å². The number of fused-ring (bicyclic) bond motifs is 3. The molecule has 3 aromatic heterocycles. The van der Waals surface area contributed by atoms with E-state index in [1.54, 1.807) is 0 Å². The summed E-state index contributed by atoms with van der Waals surface area (Å²) in [6, 6.07) is 23.4. The normalized spacial score (nSPS) is 11.9. The molecule has 2 aromatic carbocycles. The summed E-state index contributed by atoms with van der Waals surface area (Å²) in [5.41, 5.74) is 7.01. The smallest absolute Gasteiger partial charge is 0.138 e. The largest absolute Gasteiger partial charge is 0.292 e. The quantitative estimate of drug-likeness (QED) is 0.420. The van der Waals surface area contributed by atoms with E-state index in [9.17, 15) is 0 Å². The Morgan fingerprint density at radius 3 is 2.41 bits per heavy atom. The number of imidazole rings is 1. The Labute approximate surface area is 128 Å².